The van der Waals surface area contributed by atoms with E-state index in [9.17, 15) is 19.2 Å². The highest BCUT2D eigenvalue weighted by molar-refractivity contribution is 5.70. The van der Waals surface area contributed by atoms with E-state index >= 15 is 0 Å². The van der Waals surface area contributed by atoms with Gasteiger partial charge in [0.15, 0.2) is 0 Å². The number of piperidine rings is 4. The number of hydrogen-bond donors (Lipinski definition) is 1. The minimum Gasteiger partial charge on any atom is -0.462 e. The zero-order valence-electron chi connectivity index (χ0n) is 66.1. The van der Waals surface area contributed by atoms with E-state index in [0.717, 1.165) is 103 Å². The maximum Gasteiger partial charge on any atom is 0.306 e. The van der Waals surface area contributed by atoms with Gasteiger partial charge in [-0.15, -0.1) is 0 Å². The van der Waals surface area contributed by atoms with Gasteiger partial charge in [-0.3, -0.25) is 33.9 Å². The molecule has 0 aromatic heterocycles. The first kappa shape index (κ1) is 88.7. The first-order chi connectivity index (χ1) is 43.3. The zero-order valence-corrected chi connectivity index (χ0v) is 66.1. The van der Waals surface area contributed by atoms with Crippen LogP contribution in [0.15, 0.2) is 0 Å². The second kappa shape index (κ2) is 44.7. The minimum atomic E-state index is -0.00680. The molecule has 4 heterocycles. The van der Waals surface area contributed by atoms with E-state index in [-0.39, 0.29) is 92.6 Å². The number of esters is 4. The second-order valence-electron chi connectivity index (χ2n) is 34.7. The Kier molecular flexibility index (Phi) is 42.6. The third-order valence-corrected chi connectivity index (χ3v) is 21.6. The molecular formula is C81H158N4O8. The van der Waals surface area contributed by atoms with E-state index in [0.29, 0.717) is 25.7 Å². The molecule has 12 nitrogen and oxygen atoms in total. The zero-order chi connectivity index (χ0) is 70.6. The Hall–Kier alpha value is -2.28. The van der Waals surface area contributed by atoms with Gasteiger partial charge in [0.25, 0.3) is 0 Å². The van der Waals surface area contributed by atoms with Crippen LogP contribution >= 0.6 is 0 Å². The van der Waals surface area contributed by atoms with Gasteiger partial charge < -0.3 is 24.3 Å². The van der Waals surface area contributed by atoms with Gasteiger partial charge in [-0.05, 0) is 158 Å². The highest BCUT2D eigenvalue weighted by Gasteiger charge is 2.47. The SMILES string of the molecule is CCCCCCCC(=O)OC1CC(C)(C)N(C)C(C)(C)C1.CCCCCCCCCC(=O)OC1CC(C)(C)N(C)C(C)(C)C1.CCCCCCCCCCCC(=O)OC1CC(C)(C)N(C)C(C)(C)C1.CCCCCCCCCCCC(=O)OC1CC(C)(C)NC(C)(C)C1. The Morgan fingerprint density at radius 2 is 0.419 bits per heavy atom. The minimum absolute atomic E-state index is 0.000267. The van der Waals surface area contributed by atoms with Crippen LogP contribution in [0.1, 0.15) is 408 Å². The van der Waals surface area contributed by atoms with E-state index in [2.05, 4.69) is 180 Å². The van der Waals surface area contributed by atoms with Gasteiger partial charge in [-0.1, -0.05) is 195 Å². The van der Waals surface area contributed by atoms with Gasteiger partial charge in [0, 0.05) is 121 Å². The molecule has 4 fully saturated rings. The van der Waals surface area contributed by atoms with Crippen LogP contribution in [0.25, 0.3) is 0 Å². The van der Waals surface area contributed by atoms with Crippen molar-refractivity contribution in [3.63, 3.8) is 0 Å². The van der Waals surface area contributed by atoms with Crippen LogP contribution in [-0.2, 0) is 38.1 Å². The summed E-state index contributed by atoms with van der Waals surface area (Å²) in [6, 6.07) is 0. The van der Waals surface area contributed by atoms with Gasteiger partial charge in [0.1, 0.15) is 24.4 Å². The van der Waals surface area contributed by atoms with Crippen LogP contribution in [0.5, 0.6) is 0 Å². The molecule has 1 N–H and O–H groups in total. The average molecular weight is 1320 g/mol. The summed E-state index contributed by atoms with van der Waals surface area (Å²) in [4.78, 5) is 55.7. The van der Waals surface area contributed by atoms with Gasteiger partial charge >= 0.3 is 23.9 Å². The van der Waals surface area contributed by atoms with Crippen LogP contribution in [0.4, 0.5) is 0 Å². The quantitative estimate of drug-likeness (QED) is 0.0359. The lowest BCUT2D eigenvalue weighted by Crippen LogP contribution is -2.60. The fourth-order valence-corrected chi connectivity index (χ4v) is 15.6. The molecule has 0 unspecified atom stereocenters. The molecule has 0 radical (unpaired) electrons. The van der Waals surface area contributed by atoms with Crippen LogP contribution < -0.4 is 5.32 Å². The Balaban J connectivity index is 0.000000621. The summed E-state index contributed by atoms with van der Waals surface area (Å²) in [7, 11) is 6.53. The van der Waals surface area contributed by atoms with Crippen molar-refractivity contribution in [3.8, 4) is 0 Å². The van der Waals surface area contributed by atoms with Crippen LogP contribution in [0, 0.1) is 0 Å². The Labute approximate surface area is 577 Å². The number of likely N-dealkylation sites (tertiary alicyclic amines) is 3. The van der Waals surface area contributed by atoms with Gasteiger partial charge in [-0.25, -0.2) is 0 Å². The third kappa shape index (κ3) is 38.6. The van der Waals surface area contributed by atoms with E-state index in [1.165, 1.54) is 141 Å². The second-order valence-corrected chi connectivity index (χ2v) is 34.7. The lowest BCUT2D eigenvalue weighted by atomic mass is 9.78. The van der Waals surface area contributed by atoms with Gasteiger partial charge in [-0.2, -0.15) is 0 Å². The van der Waals surface area contributed by atoms with E-state index in [4.69, 9.17) is 18.9 Å². The number of nitrogens with zero attached hydrogens (tertiary/aromatic N) is 3. The Morgan fingerprint density at radius 3 is 0.591 bits per heavy atom. The first-order valence-electron chi connectivity index (χ1n) is 39.1. The van der Waals surface area contributed by atoms with Crippen LogP contribution in [0.2, 0.25) is 0 Å². The van der Waals surface area contributed by atoms with Gasteiger partial charge in [0.05, 0.1) is 0 Å². The summed E-state index contributed by atoms with van der Waals surface area (Å²) in [5, 5.41) is 3.63. The highest BCUT2D eigenvalue weighted by Crippen LogP contribution is 2.41. The lowest BCUT2D eigenvalue weighted by molar-refractivity contribution is -0.160. The topological polar surface area (TPSA) is 127 Å². The standard InChI is InChI=1S/C22H43NO2.C21H41NO2.C20H39NO2.C18H35NO2/c1-7-8-9-10-11-12-13-14-15-16-20(24)25-19-17-21(2,3)23(6)22(4,5)18-19;1-6-7-8-9-10-11-12-13-14-15-19(23)24-18-16-20(2,3)22-21(4,5)17-18;1-7-8-9-10-11-12-13-14-18(22)23-17-15-19(2,3)21(6)20(4,5)16-17;1-7-8-9-10-11-12-16(20)21-15-13-17(2,3)19(6)18(4,5)14-15/h19H,7-18H2,1-6H3;18,22H,6-17H2,1-5H3;17H,7-16H2,1-6H3;15H,7-14H2,1-6H3. The fraction of sp³-hybridized carbons (Fsp3) is 0.951. The van der Waals surface area contributed by atoms with Crippen molar-refractivity contribution in [1.82, 2.24) is 20.0 Å². The summed E-state index contributed by atoms with van der Waals surface area (Å²) in [6.07, 6.45) is 47.5. The maximum absolute atomic E-state index is 12.2. The van der Waals surface area contributed by atoms with Crippen molar-refractivity contribution in [1.29, 1.82) is 0 Å². The number of carbonyl (C=O) groups excluding carboxylic acids is 4. The molecule has 0 bridgehead atoms. The van der Waals surface area contributed by atoms with Crippen molar-refractivity contribution in [2.75, 3.05) is 21.1 Å². The molecule has 0 aliphatic carbocycles. The largest absolute Gasteiger partial charge is 0.462 e. The number of carbonyl (C=O) groups is 4. The van der Waals surface area contributed by atoms with Crippen molar-refractivity contribution < 1.29 is 38.1 Å². The van der Waals surface area contributed by atoms with Crippen molar-refractivity contribution in [3.05, 3.63) is 0 Å². The number of rotatable bonds is 38. The molecule has 0 aromatic carbocycles. The summed E-state index contributed by atoms with van der Waals surface area (Å²) >= 11 is 0. The van der Waals surface area contributed by atoms with E-state index < -0.39 is 0 Å². The predicted octanol–water partition coefficient (Wildman–Crippen LogP) is 21.7. The molecule has 0 amide bonds. The summed E-state index contributed by atoms with van der Waals surface area (Å²) in [6.45, 7) is 44.6. The molecule has 4 rings (SSSR count). The lowest BCUT2D eigenvalue weighted by Gasteiger charge is -2.53. The third-order valence-electron chi connectivity index (χ3n) is 21.6. The molecule has 4 aliphatic heterocycles. The fourth-order valence-electron chi connectivity index (χ4n) is 15.6. The monoisotopic (exact) mass is 1320 g/mol. The van der Waals surface area contributed by atoms with E-state index in [1.807, 2.05) is 0 Å². The van der Waals surface area contributed by atoms with Crippen LogP contribution in [0.3, 0.4) is 0 Å². The molecule has 4 aliphatic rings. The molecular weight excluding hydrogens is 1160 g/mol. The predicted molar refractivity (Wildman–Crippen MR) is 395 cm³/mol. The highest BCUT2D eigenvalue weighted by atomic mass is 16.6. The van der Waals surface area contributed by atoms with Gasteiger partial charge in [0.2, 0.25) is 0 Å². The van der Waals surface area contributed by atoms with E-state index in [1.54, 1.807) is 0 Å². The Bertz CT molecular complexity index is 1940. The Morgan fingerprint density at radius 1 is 0.269 bits per heavy atom. The number of nitrogens with one attached hydrogen (secondary N) is 1. The summed E-state index contributed by atoms with van der Waals surface area (Å²) in [5.74, 6) is -0.00657. The summed E-state index contributed by atoms with van der Waals surface area (Å²) in [5.41, 5.74) is 0.517. The average Bonchev–Trinajstić information content (AvgIpc) is 0.809. The van der Waals surface area contributed by atoms with Crippen LogP contribution in [-0.4, -0.2) is 128 Å². The normalized spacial score (nSPS) is 21.0. The van der Waals surface area contributed by atoms with Crippen molar-refractivity contribution in [2.45, 2.75) is 477 Å². The molecule has 4 saturated heterocycles. The van der Waals surface area contributed by atoms with Crippen molar-refractivity contribution >= 4 is 23.9 Å². The molecule has 0 saturated carbocycles. The molecule has 0 spiro atoms. The number of ether oxygens (including phenoxy) is 4. The number of hydrogen-bond acceptors (Lipinski definition) is 12. The summed E-state index contributed by atoms with van der Waals surface area (Å²) < 4.78 is 23.1. The smallest absolute Gasteiger partial charge is 0.306 e. The van der Waals surface area contributed by atoms with Crippen molar-refractivity contribution in [2.24, 2.45) is 0 Å². The molecule has 93 heavy (non-hydrogen) atoms. The maximum atomic E-state index is 12.2. The molecule has 0 aromatic rings. The molecule has 550 valence electrons. The molecule has 0 atom stereocenters. The first-order valence-corrected chi connectivity index (χ1v) is 39.1. The molecule has 12 heteroatoms. The number of unbranched alkanes of at least 4 members (excludes halogenated alkanes) is 26.